The molecule has 0 saturated carbocycles. The van der Waals surface area contributed by atoms with Crippen LogP contribution in [0.25, 0.3) is 5.76 Å². The number of thiazole rings is 1. The van der Waals surface area contributed by atoms with E-state index in [-0.39, 0.29) is 27.8 Å². The van der Waals surface area contributed by atoms with Crippen molar-refractivity contribution in [2.75, 3.05) is 11.5 Å². The number of Topliss-reactive ketones (excluding diaryl/α,β-unsaturated/α-hetero) is 1. The highest BCUT2D eigenvalue weighted by atomic mass is 79.9. The zero-order chi connectivity index (χ0) is 26.1. The van der Waals surface area contributed by atoms with Gasteiger partial charge in [0.1, 0.15) is 23.1 Å². The summed E-state index contributed by atoms with van der Waals surface area (Å²) in [5.74, 6) is -3.60. The lowest BCUT2D eigenvalue weighted by Crippen LogP contribution is -2.29. The summed E-state index contributed by atoms with van der Waals surface area (Å²) in [6, 6.07) is 9.83. The second-order valence-corrected chi connectivity index (χ2v) is 9.88. The number of nitrogens with zero attached hydrogens (tertiary/aromatic N) is 2. The van der Waals surface area contributed by atoms with Gasteiger partial charge in [0.2, 0.25) is 0 Å². The van der Waals surface area contributed by atoms with Crippen LogP contribution in [0.3, 0.4) is 0 Å². The number of hydrogen-bond acceptors (Lipinski definition) is 7. The SMILES string of the molecule is C=CCOC(=O)c1sc(N2C(=O)C(=O)C(=C(O)c3ccc(C)c(F)c3)C2c2ccc(Br)cc2)nc1C. The standard InChI is InChI=1S/C26H20BrFN2O5S/c1-4-11-35-25(34)23-14(3)29-26(36-23)30-20(15-7-9-17(27)10-8-15)19(22(32)24(30)33)21(31)16-6-5-13(2)18(28)12-16/h4-10,12,20,31H,1,11H2,2-3H3. The number of aromatic nitrogens is 1. The van der Waals surface area contributed by atoms with E-state index in [0.717, 1.165) is 26.8 Å². The van der Waals surface area contributed by atoms with Crippen LogP contribution >= 0.6 is 27.3 Å². The number of rotatable bonds is 6. The number of anilines is 1. The third kappa shape index (κ3) is 4.61. The molecule has 1 fully saturated rings. The van der Waals surface area contributed by atoms with Crippen LogP contribution in [0.15, 0.2) is 65.2 Å². The summed E-state index contributed by atoms with van der Waals surface area (Å²) in [4.78, 5) is 44.6. The summed E-state index contributed by atoms with van der Waals surface area (Å²) in [6.45, 7) is 6.67. The predicted molar refractivity (Wildman–Crippen MR) is 137 cm³/mol. The molecule has 1 saturated heterocycles. The van der Waals surface area contributed by atoms with E-state index in [2.05, 4.69) is 27.5 Å². The molecule has 1 atom stereocenters. The quantitative estimate of drug-likeness (QED) is 0.136. The lowest BCUT2D eigenvalue weighted by molar-refractivity contribution is -0.132. The third-order valence-electron chi connectivity index (χ3n) is 5.58. The predicted octanol–water partition coefficient (Wildman–Crippen LogP) is 5.63. The van der Waals surface area contributed by atoms with Crippen molar-refractivity contribution in [3.63, 3.8) is 0 Å². The Morgan fingerprint density at radius 2 is 1.94 bits per heavy atom. The van der Waals surface area contributed by atoms with Crippen molar-refractivity contribution >= 4 is 55.8 Å². The molecule has 4 rings (SSSR count). The summed E-state index contributed by atoms with van der Waals surface area (Å²) in [7, 11) is 0. The van der Waals surface area contributed by atoms with E-state index in [1.807, 2.05) is 0 Å². The van der Waals surface area contributed by atoms with Crippen LogP contribution in [0.5, 0.6) is 0 Å². The molecular formula is C26H20BrFN2O5S. The Hall–Kier alpha value is -3.63. The van der Waals surface area contributed by atoms with Gasteiger partial charge in [0.15, 0.2) is 5.13 Å². The molecule has 2 aromatic carbocycles. The summed E-state index contributed by atoms with van der Waals surface area (Å²) < 4.78 is 20.1. The molecule has 184 valence electrons. The molecule has 2 heterocycles. The molecule has 10 heteroatoms. The highest BCUT2D eigenvalue weighted by Crippen LogP contribution is 2.44. The molecule has 1 aromatic heterocycles. The van der Waals surface area contributed by atoms with Gasteiger partial charge in [-0.2, -0.15) is 0 Å². The van der Waals surface area contributed by atoms with Crippen LogP contribution in [-0.2, 0) is 14.3 Å². The maximum Gasteiger partial charge on any atom is 0.350 e. The minimum atomic E-state index is -1.06. The molecule has 0 bridgehead atoms. The Morgan fingerprint density at radius 1 is 1.25 bits per heavy atom. The lowest BCUT2D eigenvalue weighted by Gasteiger charge is -2.23. The van der Waals surface area contributed by atoms with Gasteiger partial charge in [0.25, 0.3) is 5.78 Å². The van der Waals surface area contributed by atoms with E-state index in [0.29, 0.717) is 16.8 Å². The number of halogens is 2. The smallest absolute Gasteiger partial charge is 0.350 e. The third-order valence-corrected chi connectivity index (χ3v) is 7.25. The summed E-state index contributed by atoms with van der Waals surface area (Å²) >= 11 is 4.26. The number of benzene rings is 2. The molecule has 0 radical (unpaired) electrons. The molecule has 7 nitrogen and oxygen atoms in total. The van der Waals surface area contributed by atoms with E-state index in [1.54, 1.807) is 38.1 Å². The summed E-state index contributed by atoms with van der Waals surface area (Å²) in [6.07, 6.45) is 1.43. The van der Waals surface area contributed by atoms with Gasteiger partial charge in [0, 0.05) is 10.0 Å². The lowest BCUT2D eigenvalue weighted by atomic mass is 9.95. The van der Waals surface area contributed by atoms with Gasteiger partial charge in [-0.15, -0.1) is 0 Å². The molecular weight excluding hydrogens is 551 g/mol. The van der Waals surface area contributed by atoms with Gasteiger partial charge < -0.3 is 9.84 Å². The van der Waals surface area contributed by atoms with Crippen molar-refractivity contribution in [1.82, 2.24) is 4.98 Å². The van der Waals surface area contributed by atoms with Gasteiger partial charge in [-0.05, 0) is 43.2 Å². The first-order chi connectivity index (χ1) is 17.1. The average Bonchev–Trinajstić information content (AvgIpc) is 3.36. The molecule has 1 N–H and O–H groups in total. The van der Waals surface area contributed by atoms with Crippen molar-refractivity contribution in [3.05, 3.63) is 98.2 Å². The highest BCUT2D eigenvalue weighted by molar-refractivity contribution is 9.10. The van der Waals surface area contributed by atoms with Gasteiger partial charge in [-0.25, -0.2) is 14.2 Å². The number of aryl methyl sites for hydroxylation is 2. The van der Waals surface area contributed by atoms with E-state index < -0.39 is 35.3 Å². The number of ketones is 1. The van der Waals surface area contributed by atoms with Crippen molar-refractivity contribution in [2.45, 2.75) is 19.9 Å². The largest absolute Gasteiger partial charge is 0.507 e. The number of aliphatic hydroxyl groups is 1. The van der Waals surface area contributed by atoms with Crippen molar-refractivity contribution < 1.29 is 28.6 Å². The summed E-state index contributed by atoms with van der Waals surface area (Å²) in [5, 5.41) is 11.2. The Morgan fingerprint density at radius 3 is 2.58 bits per heavy atom. The molecule has 36 heavy (non-hydrogen) atoms. The van der Waals surface area contributed by atoms with Crippen LogP contribution in [0.4, 0.5) is 9.52 Å². The first-order valence-corrected chi connectivity index (χ1v) is 12.3. The second-order valence-electron chi connectivity index (χ2n) is 7.98. The number of esters is 1. The highest BCUT2D eigenvalue weighted by Gasteiger charge is 2.48. The van der Waals surface area contributed by atoms with E-state index in [4.69, 9.17) is 4.74 Å². The molecule has 0 aliphatic carbocycles. The average molecular weight is 571 g/mol. The van der Waals surface area contributed by atoms with E-state index in [1.165, 1.54) is 18.2 Å². The van der Waals surface area contributed by atoms with Gasteiger partial charge in [0.05, 0.1) is 17.3 Å². The Kier molecular flexibility index (Phi) is 7.18. The molecule has 1 aliphatic rings. The normalized spacial score (nSPS) is 16.9. The minimum Gasteiger partial charge on any atom is -0.507 e. The van der Waals surface area contributed by atoms with Crippen LogP contribution in [0.2, 0.25) is 0 Å². The first-order valence-electron chi connectivity index (χ1n) is 10.7. The monoisotopic (exact) mass is 570 g/mol. The number of aliphatic hydroxyl groups excluding tert-OH is 1. The Bertz CT molecular complexity index is 1430. The van der Waals surface area contributed by atoms with Crippen LogP contribution < -0.4 is 4.90 Å². The molecule has 0 spiro atoms. The molecule has 1 unspecified atom stereocenters. The minimum absolute atomic E-state index is 0.00201. The Labute approximate surface area is 218 Å². The summed E-state index contributed by atoms with van der Waals surface area (Å²) in [5.41, 5.74) is 1.04. The fraction of sp³-hybridized carbons (Fsp3) is 0.154. The number of hydrogen-bond donors (Lipinski definition) is 1. The maximum atomic E-state index is 14.3. The van der Waals surface area contributed by atoms with Crippen LogP contribution in [0.1, 0.15) is 38.1 Å². The number of carbonyl (C=O) groups is 3. The topological polar surface area (TPSA) is 96.8 Å². The first kappa shape index (κ1) is 25.5. The maximum absolute atomic E-state index is 14.3. The van der Waals surface area contributed by atoms with Crippen molar-refractivity contribution in [3.8, 4) is 0 Å². The van der Waals surface area contributed by atoms with E-state index in [9.17, 15) is 23.9 Å². The van der Waals surface area contributed by atoms with Crippen molar-refractivity contribution in [1.29, 1.82) is 0 Å². The number of amides is 1. The Balaban J connectivity index is 1.89. The fourth-order valence-corrected chi connectivity index (χ4v) is 5.01. The fourth-order valence-electron chi connectivity index (χ4n) is 3.76. The number of carbonyl (C=O) groups excluding carboxylic acids is 3. The van der Waals surface area contributed by atoms with Crippen LogP contribution in [0, 0.1) is 19.7 Å². The van der Waals surface area contributed by atoms with Crippen LogP contribution in [-0.4, -0.2) is 34.4 Å². The molecule has 1 aliphatic heterocycles. The number of ether oxygens (including phenoxy) is 1. The zero-order valence-corrected chi connectivity index (χ0v) is 21.7. The van der Waals surface area contributed by atoms with Gasteiger partial charge in [-0.3, -0.25) is 14.5 Å². The van der Waals surface area contributed by atoms with E-state index >= 15 is 0 Å². The van der Waals surface area contributed by atoms with Gasteiger partial charge >= 0.3 is 11.9 Å². The van der Waals surface area contributed by atoms with Gasteiger partial charge in [-0.1, -0.05) is 64.2 Å². The zero-order valence-electron chi connectivity index (χ0n) is 19.2. The molecule has 3 aromatic rings. The van der Waals surface area contributed by atoms with Crippen molar-refractivity contribution in [2.24, 2.45) is 0 Å². The second kappa shape index (κ2) is 10.2. The molecule has 1 amide bonds.